The van der Waals surface area contributed by atoms with E-state index in [1.807, 2.05) is 24.3 Å². The number of anilines is 2. The number of carbonyl (C=O) groups excluding carboxylic acids is 2. The molecular weight excluding hydrogens is 394 g/mol. The van der Waals surface area contributed by atoms with Gasteiger partial charge in [0.1, 0.15) is 6.33 Å². The third kappa shape index (κ3) is 4.43. The lowest BCUT2D eigenvalue weighted by atomic mass is 10.2. The number of para-hydroxylation sites is 1. The van der Waals surface area contributed by atoms with E-state index in [2.05, 4.69) is 9.97 Å². The maximum atomic E-state index is 13.1. The molecule has 2 aromatic carbocycles. The second-order valence-corrected chi connectivity index (χ2v) is 6.54. The SMILES string of the molecule is CN(C(=O)Oc1ccc(N(C(=O)c2ccccc2)n2ccnc2)cn1)c1ccccc1. The van der Waals surface area contributed by atoms with Crippen LogP contribution in [-0.4, -0.2) is 33.7 Å². The number of carbonyl (C=O) groups is 2. The molecule has 0 radical (unpaired) electrons. The van der Waals surface area contributed by atoms with Gasteiger partial charge < -0.3 is 4.74 Å². The molecule has 0 aliphatic rings. The summed E-state index contributed by atoms with van der Waals surface area (Å²) in [6.07, 6.45) is 5.64. The number of amides is 2. The van der Waals surface area contributed by atoms with E-state index in [0.717, 1.165) is 0 Å². The molecule has 2 aromatic heterocycles. The van der Waals surface area contributed by atoms with Crippen molar-refractivity contribution in [3.8, 4) is 5.88 Å². The first kappa shape index (κ1) is 19.8. The van der Waals surface area contributed by atoms with Gasteiger partial charge in [0, 0.05) is 36.8 Å². The highest BCUT2D eigenvalue weighted by Crippen LogP contribution is 2.21. The Kier molecular flexibility index (Phi) is 5.70. The highest BCUT2D eigenvalue weighted by molar-refractivity contribution is 6.05. The second kappa shape index (κ2) is 8.91. The number of imidazole rings is 1. The summed E-state index contributed by atoms with van der Waals surface area (Å²) in [4.78, 5) is 35.1. The molecule has 4 aromatic rings. The lowest BCUT2D eigenvalue weighted by Crippen LogP contribution is -2.35. The molecular formula is C23H19N5O3. The quantitative estimate of drug-likeness (QED) is 0.494. The predicted molar refractivity (Wildman–Crippen MR) is 116 cm³/mol. The van der Waals surface area contributed by atoms with Crippen LogP contribution in [-0.2, 0) is 0 Å². The molecule has 0 fully saturated rings. The van der Waals surface area contributed by atoms with Crippen LogP contribution in [0.2, 0.25) is 0 Å². The minimum absolute atomic E-state index is 0.120. The van der Waals surface area contributed by atoms with E-state index in [-0.39, 0.29) is 11.8 Å². The Morgan fingerprint density at radius 2 is 1.61 bits per heavy atom. The van der Waals surface area contributed by atoms with Crippen molar-refractivity contribution in [2.24, 2.45) is 0 Å². The molecule has 0 N–H and O–H groups in total. The summed E-state index contributed by atoms with van der Waals surface area (Å²) in [7, 11) is 1.62. The largest absolute Gasteiger partial charge is 0.420 e. The fourth-order valence-electron chi connectivity index (χ4n) is 2.90. The van der Waals surface area contributed by atoms with Crippen LogP contribution in [0.25, 0.3) is 0 Å². The monoisotopic (exact) mass is 413 g/mol. The summed E-state index contributed by atoms with van der Waals surface area (Å²) < 4.78 is 6.91. The van der Waals surface area contributed by atoms with Gasteiger partial charge in [-0.2, -0.15) is 0 Å². The molecule has 154 valence electrons. The van der Waals surface area contributed by atoms with Crippen molar-refractivity contribution in [2.45, 2.75) is 0 Å². The molecule has 2 amide bonds. The Morgan fingerprint density at radius 3 is 2.23 bits per heavy atom. The number of nitrogens with zero attached hydrogens (tertiary/aromatic N) is 5. The van der Waals surface area contributed by atoms with E-state index < -0.39 is 6.09 Å². The van der Waals surface area contributed by atoms with Crippen LogP contribution in [0.1, 0.15) is 10.4 Å². The molecule has 8 heteroatoms. The van der Waals surface area contributed by atoms with Crippen molar-refractivity contribution in [1.82, 2.24) is 14.6 Å². The average molecular weight is 413 g/mol. The van der Waals surface area contributed by atoms with Crippen LogP contribution in [0.5, 0.6) is 5.88 Å². The van der Waals surface area contributed by atoms with Crippen LogP contribution in [0.3, 0.4) is 0 Å². The molecule has 0 aliphatic heterocycles. The Morgan fingerprint density at radius 1 is 0.903 bits per heavy atom. The van der Waals surface area contributed by atoms with E-state index in [1.165, 1.54) is 28.5 Å². The zero-order chi connectivity index (χ0) is 21.6. The van der Waals surface area contributed by atoms with Crippen LogP contribution >= 0.6 is 0 Å². The number of hydrogen-bond donors (Lipinski definition) is 0. The molecule has 4 rings (SSSR count). The molecule has 2 heterocycles. The summed E-state index contributed by atoms with van der Waals surface area (Å²) >= 11 is 0. The number of hydrogen-bond acceptors (Lipinski definition) is 5. The number of rotatable bonds is 5. The van der Waals surface area contributed by atoms with E-state index in [1.54, 1.807) is 66.6 Å². The van der Waals surface area contributed by atoms with E-state index in [0.29, 0.717) is 16.9 Å². The van der Waals surface area contributed by atoms with Crippen LogP contribution in [0.4, 0.5) is 16.2 Å². The topological polar surface area (TPSA) is 80.6 Å². The van der Waals surface area contributed by atoms with Gasteiger partial charge in [0.15, 0.2) is 0 Å². The van der Waals surface area contributed by atoms with E-state index >= 15 is 0 Å². The molecule has 8 nitrogen and oxygen atoms in total. The molecule has 0 spiro atoms. The zero-order valence-corrected chi connectivity index (χ0v) is 16.7. The van der Waals surface area contributed by atoms with Crippen molar-refractivity contribution in [3.63, 3.8) is 0 Å². The smallest absolute Gasteiger partial charge is 0.391 e. The molecule has 0 atom stereocenters. The minimum atomic E-state index is -0.571. The van der Waals surface area contributed by atoms with Gasteiger partial charge >= 0.3 is 6.09 Å². The average Bonchev–Trinajstić information content (AvgIpc) is 3.35. The Labute approximate surface area is 178 Å². The van der Waals surface area contributed by atoms with E-state index in [4.69, 9.17) is 4.74 Å². The summed E-state index contributed by atoms with van der Waals surface area (Å²) in [6.45, 7) is 0. The molecule has 0 bridgehead atoms. The van der Waals surface area contributed by atoms with Gasteiger partial charge in [-0.15, -0.1) is 0 Å². The highest BCUT2D eigenvalue weighted by atomic mass is 16.6. The van der Waals surface area contributed by atoms with Gasteiger partial charge in [0.2, 0.25) is 5.88 Å². The fraction of sp³-hybridized carbons (Fsp3) is 0.0435. The van der Waals surface area contributed by atoms with Crippen molar-refractivity contribution >= 4 is 23.4 Å². The van der Waals surface area contributed by atoms with Gasteiger partial charge in [0.05, 0.1) is 11.9 Å². The number of aromatic nitrogens is 3. The number of ether oxygens (including phenoxy) is 1. The van der Waals surface area contributed by atoms with Crippen LogP contribution < -0.4 is 14.6 Å². The minimum Gasteiger partial charge on any atom is -0.391 e. The van der Waals surface area contributed by atoms with Gasteiger partial charge in [0.25, 0.3) is 5.91 Å². The summed E-state index contributed by atoms with van der Waals surface area (Å²) in [5, 5.41) is 1.43. The first-order valence-electron chi connectivity index (χ1n) is 9.48. The number of pyridine rings is 1. The van der Waals surface area contributed by atoms with Gasteiger partial charge in [-0.05, 0) is 30.3 Å². The maximum absolute atomic E-state index is 13.1. The maximum Gasteiger partial charge on any atom is 0.420 e. The van der Waals surface area contributed by atoms with Gasteiger partial charge in [-0.3, -0.25) is 9.69 Å². The molecule has 0 saturated carbocycles. The fourth-order valence-corrected chi connectivity index (χ4v) is 2.90. The molecule has 0 saturated heterocycles. The van der Waals surface area contributed by atoms with Gasteiger partial charge in [-0.1, -0.05) is 36.4 Å². The summed E-state index contributed by atoms with van der Waals surface area (Å²) in [5.41, 5.74) is 1.70. The second-order valence-electron chi connectivity index (χ2n) is 6.54. The number of benzene rings is 2. The molecule has 0 aliphatic carbocycles. The van der Waals surface area contributed by atoms with Crippen LogP contribution in [0, 0.1) is 0 Å². The van der Waals surface area contributed by atoms with Crippen molar-refractivity contribution in [3.05, 3.63) is 103 Å². The lowest BCUT2D eigenvalue weighted by molar-refractivity contribution is 0.0976. The van der Waals surface area contributed by atoms with Crippen molar-refractivity contribution in [1.29, 1.82) is 0 Å². The summed E-state index contributed by atoms with van der Waals surface area (Å²) in [6, 6.07) is 21.2. The van der Waals surface area contributed by atoms with Crippen LogP contribution in [0.15, 0.2) is 97.7 Å². The summed E-state index contributed by atoms with van der Waals surface area (Å²) in [5.74, 6) is -0.136. The Balaban J connectivity index is 1.55. The molecule has 31 heavy (non-hydrogen) atoms. The normalized spacial score (nSPS) is 10.4. The van der Waals surface area contributed by atoms with Gasteiger partial charge in [-0.25, -0.2) is 24.4 Å². The highest BCUT2D eigenvalue weighted by Gasteiger charge is 2.20. The van der Waals surface area contributed by atoms with E-state index in [9.17, 15) is 9.59 Å². The first-order chi connectivity index (χ1) is 15.1. The first-order valence-corrected chi connectivity index (χ1v) is 9.48. The molecule has 0 unspecified atom stereocenters. The standard InChI is InChI=1S/C23H19N5O3/c1-26(19-10-6-3-7-11-19)23(30)31-21-13-12-20(16-25-21)28(27-15-14-24-17-27)22(29)18-8-4-2-5-9-18/h2-17H,1H3. The Hall–Kier alpha value is -4.46. The van der Waals surface area contributed by atoms with Crippen molar-refractivity contribution < 1.29 is 14.3 Å². The predicted octanol–water partition coefficient (Wildman–Crippen LogP) is 4.02. The lowest BCUT2D eigenvalue weighted by Gasteiger charge is -2.23. The third-order valence-corrected chi connectivity index (χ3v) is 4.51. The zero-order valence-electron chi connectivity index (χ0n) is 16.7. The van der Waals surface area contributed by atoms with Crippen molar-refractivity contribution in [2.75, 3.05) is 17.0 Å². The third-order valence-electron chi connectivity index (χ3n) is 4.51. The Bertz CT molecular complexity index is 1150.